The zero-order chi connectivity index (χ0) is 30.8. The Labute approximate surface area is 245 Å². The van der Waals surface area contributed by atoms with Crippen molar-refractivity contribution in [2.45, 2.75) is 65.0 Å². The van der Waals surface area contributed by atoms with E-state index in [1.165, 1.54) is 12.1 Å². The number of sulfonamides is 1. The highest BCUT2D eigenvalue weighted by atomic mass is 32.2. The first-order chi connectivity index (χ1) is 19.8. The lowest BCUT2D eigenvalue weighted by Crippen LogP contribution is -2.44. The number of benzene rings is 3. The van der Waals surface area contributed by atoms with Gasteiger partial charge in [0.25, 0.3) is 5.91 Å². The summed E-state index contributed by atoms with van der Waals surface area (Å²) in [5, 5.41) is 13.0. The number of carboxylic acid groups (broad SMARTS) is 1. The molecule has 3 N–H and O–H groups in total. The van der Waals surface area contributed by atoms with Crippen molar-refractivity contribution in [2.75, 3.05) is 5.32 Å². The monoisotopic (exact) mass is 592 g/mol. The van der Waals surface area contributed by atoms with E-state index in [4.69, 9.17) is 9.15 Å². The second-order valence-corrected chi connectivity index (χ2v) is 12.5. The fourth-order valence-electron chi connectivity index (χ4n) is 4.68. The predicted octanol–water partition coefficient (Wildman–Crippen LogP) is 6.40. The van der Waals surface area contributed by atoms with E-state index in [0.29, 0.717) is 16.8 Å². The molecule has 0 spiro atoms. The number of rotatable bonds is 11. The highest BCUT2D eigenvalue weighted by Crippen LogP contribution is 2.37. The first kappa shape index (κ1) is 30.8. The average Bonchev–Trinajstić information content (AvgIpc) is 3.28. The van der Waals surface area contributed by atoms with Gasteiger partial charge in [0.1, 0.15) is 17.4 Å². The number of amides is 1. The van der Waals surface area contributed by atoms with E-state index in [-0.39, 0.29) is 22.7 Å². The Morgan fingerprint density at radius 2 is 1.52 bits per heavy atom. The molecule has 0 aliphatic carbocycles. The maximum atomic E-state index is 13.2. The number of fused-ring (bicyclic) bond motifs is 1. The summed E-state index contributed by atoms with van der Waals surface area (Å²) < 4.78 is 39.7. The number of aliphatic carboxylic acids is 1. The van der Waals surface area contributed by atoms with Crippen LogP contribution in [0.2, 0.25) is 0 Å². The van der Waals surface area contributed by atoms with Crippen LogP contribution in [-0.2, 0) is 21.2 Å². The topological polar surface area (TPSA) is 135 Å². The van der Waals surface area contributed by atoms with Crippen LogP contribution in [0.5, 0.6) is 5.75 Å². The third-order valence-corrected chi connectivity index (χ3v) is 8.38. The van der Waals surface area contributed by atoms with E-state index >= 15 is 0 Å². The Hall–Kier alpha value is -4.15. The van der Waals surface area contributed by atoms with Gasteiger partial charge in [0, 0.05) is 11.3 Å². The van der Waals surface area contributed by atoms with Gasteiger partial charge in [-0.25, -0.2) is 8.42 Å². The standard InChI is InChI=1S/C32H36N2O7S/c1-7-21-12-17-26-27(30(21)40-19(4)5)20(6)29(41-26)31(35)33-24-13-8-22(9-14-24)23-10-15-25(16-11-23)42(38,39)34-28(18(2)3)32(36)37/h8-19,28,34H,7H2,1-6H3,(H,33,35)(H,36,37)/t28-/m0/s1. The summed E-state index contributed by atoms with van der Waals surface area (Å²) in [6, 6.07) is 15.9. The summed E-state index contributed by atoms with van der Waals surface area (Å²) in [7, 11) is -4.02. The molecular weight excluding hydrogens is 556 g/mol. The minimum atomic E-state index is -4.02. The molecule has 3 aromatic carbocycles. The van der Waals surface area contributed by atoms with Gasteiger partial charge < -0.3 is 19.6 Å². The molecule has 0 aliphatic heterocycles. The Balaban J connectivity index is 1.51. The lowest BCUT2D eigenvalue weighted by Gasteiger charge is -2.18. The molecule has 1 atom stereocenters. The van der Waals surface area contributed by atoms with Crippen LogP contribution < -0.4 is 14.8 Å². The first-order valence-electron chi connectivity index (χ1n) is 13.8. The summed E-state index contributed by atoms with van der Waals surface area (Å²) in [5.74, 6) is -1.08. The predicted molar refractivity (Wildman–Crippen MR) is 163 cm³/mol. The molecule has 0 saturated heterocycles. The van der Waals surface area contributed by atoms with Gasteiger partial charge in [-0.3, -0.25) is 9.59 Å². The van der Waals surface area contributed by atoms with Gasteiger partial charge in [-0.05, 0) is 80.1 Å². The molecule has 10 heteroatoms. The van der Waals surface area contributed by atoms with Crippen LogP contribution in [0.3, 0.4) is 0 Å². The molecule has 0 saturated carbocycles. The van der Waals surface area contributed by atoms with Crippen molar-refractivity contribution in [1.29, 1.82) is 0 Å². The van der Waals surface area contributed by atoms with Crippen molar-refractivity contribution in [3.63, 3.8) is 0 Å². The summed E-state index contributed by atoms with van der Waals surface area (Å²) in [6.07, 6.45) is 0.757. The number of aryl methyl sites for hydroxylation is 2. The van der Waals surface area contributed by atoms with Crippen LogP contribution in [0.4, 0.5) is 5.69 Å². The Morgan fingerprint density at radius 1 is 0.929 bits per heavy atom. The van der Waals surface area contributed by atoms with Crippen LogP contribution >= 0.6 is 0 Å². The van der Waals surface area contributed by atoms with E-state index < -0.39 is 28.0 Å². The molecule has 0 fully saturated rings. The molecule has 4 aromatic rings. The van der Waals surface area contributed by atoms with E-state index in [1.807, 2.05) is 45.0 Å². The molecule has 0 radical (unpaired) electrons. The molecule has 4 rings (SSSR count). The maximum Gasteiger partial charge on any atom is 0.322 e. The molecule has 0 bridgehead atoms. The van der Waals surface area contributed by atoms with Gasteiger partial charge in [0.05, 0.1) is 16.4 Å². The summed E-state index contributed by atoms with van der Waals surface area (Å²) in [4.78, 5) is 24.6. The molecule has 9 nitrogen and oxygen atoms in total. The highest BCUT2D eigenvalue weighted by Gasteiger charge is 2.28. The highest BCUT2D eigenvalue weighted by molar-refractivity contribution is 7.89. The van der Waals surface area contributed by atoms with Gasteiger partial charge >= 0.3 is 5.97 Å². The van der Waals surface area contributed by atoms with Gasteiger partial charge in [-0.15, -0.1) is 0 Å². The molecule has 222 valence electrons. The maximum absolute atomic E-state index is 13.2. The Bertz CT molecular complexity index is 1700. The van der Waals surface area contributed by atoms with E-state index in [0.717, 1.165) is 34.2 Å². The number of hydrogen-bond donors (Lipinski definition) is 3. The lowest BCUT2D eigenvalue weighted by molar-refractivity contribution is -0.140. The molecule has 1 aromatic heterocycles. The second kappa shape index (κ2) is 12.4. The number of anilines is 1. The summed E-state index contributed by atoms with van der Waals surface area (Å²) >= 11 is 0. The van der Waals surface area contributed by atoms with Crippen LogP contribution in [0.1, 0.15) is 56.3 Å². The van der Waals surface area contributed by atoms with Crippen molar-refractivity contribution in [3.05, 3.63) is 77.6 Å². The molecule has 0 aliphatic rings. The SMILES string of the molecule is CCc1ccc2oc(C(=O)Nc3ccc(-c4ccc(S(=O)(=O)N[C@H](C(=O)O)C(C)C)cc4)cc3)c(C)c2c1OC(C)C. The van der Waals surface area contributed by atoms with Crippen LogP contribution in [0, 0.1) is 12.8 Å². The number of nitrogens with one attached hydrogen (secondary N) is 2. The number of carbonyl (C=O) groups is 2. The van der Waals surface area contributed by atoms with Crippen LogP contribution in [0.15, 0.2) is 70.0 Å². The minimum Gasteiger partial charge on any atom is -0.490 e. The molecule has 1 amide bonds. The van der Waals surface area contributed by atoms with Crippen LogP contribution in [0.25, 0.3) is 22.1 Å². The lowest BCUT2D eigenvalue weighted by atomic mass is 10.0. The quantitative estimate of drug-likeness (QED) is 0.183. The fraction of sp³-hybridized carbons (Fsp3) is 0.312. The van der Waals surface area contributed by atoms with Crippen molar-refractivity contribution in [1.82, 2.24) is 4.72 Å². The Morgan fingerprint density at radius 3 is 2.05 bits per heavy atom. The number of furan rings is 1. The average molecular weight is 593 g/mol. The number of hydrogen-bond acceptors (Lipinski definition) is 6. The van der Waals surface area contributed by atoms with Gasteiger partial charge in [0.2, 0.25) is 10.0 Å². The number of ether oxygens (including phenoxy) is 1. The van der Waals surface area contributed by atoms with Gasteiger partial charge in [-0.2, -0.15) is 4.72 Å². The van der Waals surface area contributed by atoms with Crippen molar-refractivity contribution in [3.8, 4) is 16.9 Å². The fourth-order valence-corrected chi connectivity index (χ4v) is 6.02. The van der Waals surface area contributed by atoms with Crippen molar-refractivity contribution >= 4 is 38.6 Å². The van der Waals surface area contributed by atoms with E-state index in [9.17, 15) is 23.1 Å². The largest absolute Gasteiger partial charge is 0.490 e. The normalized spacial score (nSPS) is 12.6. The summed E-state index contributed by atoms with van der Waals surface area (Å²) in [6.45, 7) is 11.1. The third-order valence-electron chi connectivity index (χ3n) is 6.92. The van der Waals surface area contributed by atoms with Crippen LogP contribution in [-0.4, -0.2) is 37.5 Å². The van der Waals surface area contributed by atoms with Crippen molar-refractivity contribution in [2.24, 2.45) is 5.92 Å². The molecule has 1 heterocycles. The second-order valence-electron chi connectivity index (χ2n) is 10.7. The minimum absolute atomic E-state index is 0.0302. The zero-order valence-corrected chi connectivity index (χ0v) is 25.3. The molecular formula is C32H36N2O7S. The molecule has 0 unspecified atom stereocenters. The number of carbonyl (C=O) groups excluding carboxylic acids is 1. The number of carboxylic acids is 1. The first-order valence-corrected chi connectivity index (χ1v) is 15.3. The van der Waals surface area contributed by atoms with E-state index in [1.54, 1.807) is 38.1 Å². The third kappa shape index (κ3) is 6.50. The zero-order valence-electron chi connectivity index (χ0n) is 24.5. The summed E-state index contributed by atoms with van der Waals surface area (Å²) in [5.41, 5.74) is 4.46. The molecule has 42 heavy (non-hydrogen) atoms. The Kier molecular flexibility index (Phi) is 9.08. The van der Waals surface area contributed by atoms with Crippen molar-refractivity contribution < 1.29 is 32.3 Å². The van der Waals surface area contributed by atoms with Gasteiger partial charge in [0.15, 0.2) is 5.76 Å². The van der Waals surface area contributed by atoms with E-state index in [2.05, 4.69) is 17.0 Å². The van der Waals surface area contributed by atoms with Gasteiger partial charge in [-0.1, -0.05) is 51.1 Å². The smallest absolute Gasteiger partial charge is 0.322 e.